The van der Waals surface area contributed by atoms with Crippen LogP contribution in [0.2, 0.25) is 0 Å². The minimum atomic E-state index is 0.238. The summed E-state index contributed by atoms with van der Waals surface area (Å²) in [6, 6.07) is 0. The van der Waals surface area contributed by atoms with E-state index in [9.17, 15) is 0 Å². The molecule has 0 fully saturated rings. The molecule has 0 aliphatic heterocycles. The van der Waals surface area contributed by atoms with Crippen molar-refractivity contribution in [3.63, 3.8) is 0 Å². The molecule has 0 aliphatic carbocycles. The molecule has 16 heavy (non-hydrogen) atoms. The smallest absolute Gasteiger partial charge is 0.0598 e. The van der Waals surface area contributed by atoms with Gasteiger partial charge in [-0.1, -0.05) is 12.8 Å². The fourth-order valence-corrected chi connectivity index (χ4v) is 1.64. The molecule has 0 rings (SSSR count). The number of nitrogens with one attached hydrogen (secondary N) is 1. The average molecular weight is 224 g/mol. The van der Waals surface area contributed by atoms with Gasteiger partial charge in [0, 0.05) is 5.54 Å². The molecular weight excluding hydrogens is 196 g/mol. The molecule has 0 aromatic rings. The van der Waals surface area contributed by atoms with Crippen LogP contribution in [0.1, 0.15) is 47.0 Å². The Balaban J connectivity index is 3.51. The van der Waals surface area contributed by atoms with Gasteiger partial charge in [0.15, 0.2) is 0 Å². The van der Waals surface area contributed by atoms with E-state index in [4.69, 9.17) is 6.42 Å². The second-order valence-electron chi connectivity index (χ2n) is 5.36. The van der Waals surface area contributed by atoms with Crippen LogP contribution in [-0.2, 0) is 0 Å². The quantitative estimate of drug-likeness (QED) is 0.503. The zero-order valence-electron chi connectivity index (χ0n) is 11.5. The maximum absolute atomic E-state index is 5.34. The van der Waals surface area contributed by atoms with E-state index < -0.39 is 0 Å². The van der Waals surface area contributed by atoms with Crippen LogP contribution in [0, 0.1) is 12.3 Å². The van der Waals surface area contributed by atoms with Gasteiger partial charge in [-0.15, -0.1) is 6.42 Å². The molecule has 0 unspecified atom stereocenters. The van der Waals surface area contributed by atoms with Crippen molar-refractivity contribution >= 4 is 0 Å². The molecule has 0 aromatic heterocycles. The van der Waals surface area contributed by atoms with Crippen LogP contribution in [0.25, 0.3) is 0 Å². The lowest BCUT2D eigenvalue weighted by atomic mass is 10.1. The first-order chi connectivity index (χ1) is 7.49. The molecule has 0 radical (unpaired) electrons. The zero-order chi connectivity index (χ0) is 12.4. The summed E-state index contributed by atoms with van der Waals surface area (Å²) in [5.41, 5.74) is 0.238. The fraction of sp³-hybridized carbons (Fsp3) is 0.857. The Morgan fingerprint density at radius 1 is 1.19 bits per heavy atom. The van der Waals surface area contributed by atoms with Crippen LogP contribution in [0.5, 0.6) is 0 Å². The minimum absolute atomic E-state index is 0.238. The van der Waals surface area contributed by atoms with Gasteiger partial charge in [-0.25, -0.2) is 0 Å². The van der Waals surface area contributed by atoms with Crippen molar-refractivity contribution in [2.75, 3.05) is 26.2 Å². The largest absolute Gasteiger partial charge is 0.312 e. The third-order valence-corrected chi connectivity index (χ3v) is 2.41. The molecule has 94 valence electrons. The van der Waals surface area contributed by atoms with E-state index in [0.717, 1.165) is 26.2 Å². The fourth-order valence-electron chi connectivity index (χ4n) is 1.64. The molecule has 0 amide bonds. The Kier molecular flexibility index (Phi) is 8.33. The molecule has 1 N–H and O–H groups in total. The highest BCUT2D eigenvalue weighted by atomic mass is 15.1. The van der Waals surface area contributed by atoms with E-state index >= 15 is 0 Å². The maximum Gasteiger partial charge on any atom is 0.0598 e. The van der Waals surface area contributed by atoms with Crippen molar-refractivity contribution in [3.8, 4) is 12.3 Å². The highest BCUT2D eigenvalue weighted by Gasteiger charge is 2.07. The van der Waals surface area contributed by atoms with Gasteiger partial charge in [-0.05, 0) is 59.7 Å². The van der Waals surface area contributed by atoms with Crippen molar-refractivity contribution in [2.24, 2.45) is 0 Å². The van der Waals surface area contributed by atoms with Crippen LogP contribution >= 0.6 is 0 Å². The van der Waals surface area contributed by atoms with Crippen LogP contribution in [0.4, 0.5) is 0 Å². The Morgan fingerprint density at radius 2 is 1.88 bits per heavy atom. The minimum Gasteiger partial charge on any atom is -0.312 e. The summed E-state index contributed by atoms with van der Waals surface area (Å²) in [5.74, 6) is 2.73. The van der Waals surface area contributed by atoms with Crippen molar-refractivity contribution in [1.29, 1.82) is 0 Å². The Morgan fingerprint density at radius 3 is 2.38 bits per heavy atom. The van der Waals surface area contributed by atoms with Gasteiger partial charge in [-0.3, -0.25) is 4.90 Å². The Bertz CT molecular complexity index is 198. The van der Waals surface area contributed by atoms with Gasteiger partial charge in [0.1, 0.15) is 0 Å². The second kappa shape index (κ2) is 8.61. The lowest BCUT2D eigenvalue weighted by Gasteiger charge is -2.22. The summed E-state index contributed by atoms with van der Waals surface area (Å²) in [6.45, 7) is 12.9. The van der Waals surface area contributed by atoms with Gasteiger partial charge in [0.05, 0.1) is 6.54 Å². The Hall–Kier alpha value is -0.520. The first-order valence-corrected chi connectivity index (χ1v) is 6.40. The van der Waals surface area contributed by atoms with Gasteiger partial charge in [0.25, 0.3) is 0 Å². The summed E-state index contributed by atoms with van der Waals surface area (Å²) in [6.07, 6.45) is 8.98. The van der Waals surface area contributed by atoms with Crippen molar-refractivity contribution in [2.45, 2.75) is 52.5 Å². The monoisotopic (exact) mass is 224 g/mol. The predicted octanol–water partition coefficient (Wildman–Crippen LogP) is 2.50. The maximum atomic E-state index is 5.34. The third kappa shape index (κ3) is 10.0. The van der Waals surface area contributed by atoms with E-state index in [-0.39, 0.29) is 5.54 Å². The molecule has 0 atom stereocenters. The average Bonchev–Trinajstić information content (AvgIpc) is 2.16. The molecule has 0 aromatic carbocycles. The molecule has 0 bridgehead atoms. The lowest BCUT2D eigenvalue weighted by Crippen LogP contribution is -2.36. The van der Waals surface area contributed by atoms with Crippen molar-refractivity contribution in [3.05, 3.63) is 0 Å². The molecule has 0 spiro atoms. The molecule has 2 heteroatoms. The standard InChI is InChI=1S/C14H28N2/c1-6-11-16(12-7-2)13-9-8-10-15-14(3,4)5/h1,15H,7-13H2,2-5H3. The first kappa shape index (κ1) is 15.5. The van der Waals surface area contributed by atoms with E-state index in [1.807, 2.05) is 0 Å². The number of hydrogen-bond donors (Lipinski definition) is 1. The van der Waals surface area contributed by atoms with Gasteiger partial charge < -0.3 is 5.32 Å². The number of nitrogens with zero attached hydrogens (tertiary/aromatic N) is 1. The molecule has 0 saturated heterocycles. The topological polar surface area (TPSA) is 15.3 Å². The summed E-state index contributed by atoms with van der Waals surface area (Å²) < 4.78 is 0. The third-order valence-electron chi connectivity index (χ3n) is 2.41. The summed E-state index contributed by atoms with van der Waals surface area (Å²) in [7, 11) is 0. The lowest BCUT2D eigenvalue weighted by molar-refractivity contribution is 0.297. The van der Waals surface area contributed by atoms with Gasteiger partial charge >= 0.3 is 0 Å². The second-order valence-corrected chi connectivity index (χ2v) is 5.36. The Labute approximate surface area is 102 Å². The number of hydrogen-bond acceptors (Lipinski definition) is 2. The molecule has 2 nitrogen and oxygen atoms in total. The van der Waals surface area contributed by atoms with E-state index in [1.165, 1.54) is 19.3 Å². The molecule has 0 heterocycles. The van der Waals surface area contributed by atoms with Crippen LogP contribution in [0.15, 0.2) is 0 Å². The van der Waals surface area contributed by atoms with Crippen LogP contribution < -0.4 is 5.32 Å². The predicted molar refractivity (Wildman–Crippen MR) is 72.6 cm³/mol. The number of terminal acetylenes is 1. The van der Waals surface area contributed by atoms with E-state index in [1.54, 1.807) is 0 Å². The highest BCUT2D eigenvalue weighted by Crippen LogP contribution is 2.00. The van der Waals surface area contributed by atoms with Crippen molar-refractivity contribution < 1.29 is 0 Å². The van der Waals surface area contributed by atoms with Gasteiger partial charge in [-0.2, -0.15) is 0 Å². The SMILES string of the molecule is C#CCN(CCC)CCCCNC(C)(C)C. The summed E-state index contributed by atoms with van der Waals surface area (Å²) >= 11 is 0. The van der Waals surface area contributed by atoms with Crippen molar-refractivity contribution in [1.82, 2.24) is 10.2 Å². The normalized spacial score (nSPS) is 11.8. The van der Waals surface area contributed by atoms with Crippen LogP contribution in [-0.4, -0.2) is 36.6 Å². The number of unbranched alkanes of at least 4 members (excludes halogenated alkanes) is 1. The zero-order valence-corrected chi connectivity index (χ0v) is 11.5. The summed E-state index contributed by atoms with van der Waals surface area (Å²) in [4.78, 5) is 2.36. The van der Waals surface area contributed by atoms with E-state index in [2.05, 4.69) is 43.8 Å². The van der Waals surface area contributed by atoms with Crippen LogP contribution in [0.3, 0.4) is 0 Å². The highest BCUT2D eigenvalue weighted by molar-refractivity contribution is 4.88. The first-order valence-electron chi connectivity index (χ1n) is 6.40. The summed E-state index contributed by atoms with van der Waals surface area (Å²) in [5, 5.41) is 3.50. The van der Waals surface area contributed by atoms with E-state index in [0.29, 0.717) is 0 Å². The molecule has 0 aliphatic rings. The van der Waals surface area contributed by atoms with Gasteiger partial charge in [0.2, 0.25) is 0 Å². The number of rotatable bonds is 8. The molecule has 0 saturated carbocycles. The molecular formula is C14H28N2.